The highest BCUT2D eigenvalue weighted by Crippen LogP contribution is 2.43. The molecule has 0 amide bonds. The molecule has 1 aromatic heterocycles. The minimum atomic E-state index is 0.108. The van der Waals surface area contributed by atoms with Gasteiger partial charge in [0, 0.05) is 0 Å². The van der Waals surface area contributed by atoms with Gasteiger partial charge in [-0.15, -0.1) is 0 Å². The summed E-state index contributed by atoms with van der Waals surface area (Å²) >= 11 is 0. The van der Waals surface area contributed by atoms with Crippen LogP contribution in [-0.4, -0.2) is 15.2 Å². The number of aromatic nitrogens is 3. The minimum absolute atomic E-state index is 0.108. The van der Waals surface area contributed by atoms with Gasteiger partial charge in [-0.3, -0.25) is 10.4 Å². The lowest BCUT2D eigenvalue weighted by Crippen LogP contribution is -2.25. The Labute approximate surface area is 123 Å². The molecule has 1 heterocycles. The number of nitrogens with one attached hydrogen (secondary N) is 2. The van der Waals surface area contributed by atoms with Gasteiger partial charge in [0.1, 0.15) is 12.2 Å². The molecule has 2 aromatic carbocycles. The van der Waals surface area contributed by atoms with Crippen molar-refractivity contribution in [2.75, 3.05) is 0 Å². The van der Waals surface area contributed by atoms with Crippen molar-refractivity contribution in [2.24, 2.45) is 0 Å². The van der Waals surface area contributed by atoms with Crippen LogP contribution in [-0.2, 0) is 0 Å². The molecule has 21 heavy (non-hydrogen) atoms. The Morgan fingerprint density at radius 3 is 2.19 bits per heavy atom. The third-order valence-corrected chi connectivity index (χ3v) is 4.09. The molecule has 4 rings (SSSR count). The van der Waals surface area contributed by atoms with E-state index < -0.39 is 0 Å². The monoisotopic (exact) mass is 276 g/mol. The standard InChI is InChI=1S/C17H16N4/c1-11(17-18-10-19-21-17)20-16-14-8-4-2-6-12(14)13-7-3-5-9-15(13)16/h2-11,16,20H,1H3,(H,18,19,21). The Bertz CT molecular complexity index is 718. The van der Waals surface area contributed by atoms with E-state index in [1.54, 1.807) is 6.33 Å². The summed E-state index contributed by atoms with van der Waals surface area (Å²) in [6.45, 7) is 2.10. The van der Waals surface area contributed by atoms with E-state index in [2.05, 4.69) is 76.0 Å². The van der Waals surface area contributed by atoms with Gasteiger partial charge in [-0.2, -0.15) is 5.10 Å². The van der Waals surface area contributed by atoms with Gasteiger partial charge in [-0.1, -0.05) is 48.5 Å². The van der Waals surface area contributed by atoms with Crippen molar-refractivity contribution in [3.8, 4) is 11.1 Å². The second kappa shape index (κ2) is 4.82. The average molecular weight is 276 g/mol. The number of hydrogen-bond acceptors (Lipinski definition) is 3. The Morgan fingerprint density at radius 1 is 1.00 bits per heavy atom. The molecule has 1 atom stereocenters. The molecule has 3 aromatic rings. The van der Waals surface area contributed by atoms with Crippen LogP contribution in [0.15, 0.2) is 54.9 Å². The molecule has 104 valence electrons. The maximum absolute atomic E-state index is 4.24. The lowest BCUT2D eigenvalue weighted by Gasteiger charge is -2.20. The smallest absolute Gasteiger partial charge is 0.141 e. The zero-order valence-corrected chi connectivity index (χ0v) is 11.7. The molecule has 0 saturated carbocycles. The molecule has 4 heteroatoms. The zero-order chi connectivity index (χ0) is 14.2. The topological polar surface area (TPSA) is 53.6 Å². The van der Waals surface area contributed by atoms with Gasteiger partial charge in [0.25, 0.3) is 0 Å². The fourth-order valence-electron chi connectivity index (χ4n) is 3.09. The number of hydrogen-bond donors (Lipinski definition) is 2. The molecule has 1 aliphatic rings. The number of nitrogens with zero attached hydrogens (tertiary/aromatic N) is 2. The van der Waals surface area contributed by atoms with Gasteiger partial charge in [-0.25, -0.2) is 4.98 Å². The predicted molar refractivity (Wildman–Crippen MR) is 81.7 cm³/mol. The highest BCUT2D eigenvalue weighted by Gasteiger charge is 2.29. The van der Waals surface area contributed by atoms with Gasteiger partial charge in [0.15, 0.2) is 0 Å². The second-order valence-corrected chi connectivity index (χ2v) is 5.37. The van der Waals surface area contributed by atoms with E-state index in [0.717, 1.165) is 5.82 Å². The predicted octanol–water partition coefficient (Wildman–Crippen LogP) is 3.23. The van der Waals surface area contributed by atoms with E-state index in [0.29, 0.717) is 0 Å². The average Bonchev–Trinajstić information content (AvgIpc) is 3.15. The van der Waals surface area contributed by atoms with Crippen LogP contribution in [0.1, 0.15) is 36.0 Å². The van der Waals surface area contributed by atoms with Crippen molar-refractivity contribution >= 4 is 0 Å². The number of fused-ring (bicyclic) bond motifs is 3. The van der Waals surface area contributed by atoms with Crippen molar-refractivity contribution < 1.29 is 0 Å². The van der Waals surface area contributed by atoms with Crippen LogP contribution < -0.4 is 5.32 Å². The van der Waals surface area contributed by atoms with Crippen molar-refractivity contribution in [3.05, 3.63) is 71.8 Å². The summed E-state index contributed by atoms with van der Waals surface area (Å²) in [6.07, 6.45) is 1.55. The summed E-state index contributed by atoms with van der Waals surface area (Å²) in [5.41, 5.74) is 5.28. The molecule has 1 aliphatic carbocycles. The van der Waals surface area contributed by atoms with E-state index in [9.17, 15) is 0 Å². The second-order valence-electron chi connectivity index (χ2n) is 5.37. The fourth-order valence-corrected chi connectivity index (χ4v) is 3.09. The van der Waals surface area contributed by atoms with Crippen molar-refractivity contribution in [2.45, 2.75) is 19.0 Å². The van der Waals surface area contributed by atoms with Crippen LogP contribution in [0, 0.1) is 0 Å². The van der Waals surface area contributed by atoms with Gasteiger partial charge in [0.05, 0.1) is 12.1 Å². The molecule has 4 nitrogen and oxygen atoms in total. The first kappa shape index (κ1) is 12.3. The fraction of sp³-hybridized carbons (Fsp3) is 0.176. The summed E-state index contributed by atoms with van der Waals surface area (Å²) < 4.78 is 0. The van der Waals surface area contributed by atoms with E-state index in [1.807, 2.05) is 0 Å². The van der Waals surface area contributed by atoms with Crippen LogP contribution in [0.2, 0.25) is 0 Å². The van der Waals surface area contributed by atoms with Gasteiger partial charge < -0.3 is 0 Å². The lowest BCUT2D eigenvalue weighted by molar-refractivity contribution is 0.503. The highest BCUT2D eigenvalue weighted by atomic mass is 15.2. The summed E-state index contributed by atoms with van der Waals surface area (Å²) in [6, 6.07) is 17.4. The molecular weight excluding hydrogens is 260 g/mol. The summed E-state index contributed by atoms with van der Waals surface area (Å²) in [7, 11) is 0. The van der Waals surface area contributed by atoms with Crippen molar-refractivity contribution in [1.82, 2.24) is 20.5 Å². The van der Waals surface area contributed by atoms with Crippen LogP contribution >= 0.6 is 0 Å². The Balaban J connectivity index is 1.75. The largest absolute Gasteiger partial charge is 0.297 e. The first-order valence-electron chi connectivity index (χ1n) is 7.14. The van der Waals surface area contributed by atoms with Crippen molar-refractivity contribution in [1.29, 1.82) is 0 Å². The number of rotatable bonds is 3. The first-order valence-corrected chi connectivity index (χ1v) is 7.14. The number of H-pyrrole nitrogens is 1. The van der Waals surface area contributed by atoms with E-state index in [-0.39, 0.29) is 12.1 Å². The number of aromatic amines is 1. The molecule has 0 bridgehead atoms. The molecule has 1 unspecified atom stereocenters. The quantitative estimate of drug-likeness (QED) is 0.772. The van der Waals surface area contributed by atoms with Gasteiger partial charge >= 0.3 is 0 Å². The summed E-state index contributed by atoms with van der Waals surface area (Å²) in [5.74, 6) is 0.858. The molecule has 0 radical (unpaired) electrons. The van der Waals surface area contributed by atoms with Crippen LogP contribution in [0.25, 0.3) is 11.1 Å². The third-order valence-electron chi connectivity index (χ3n) is 4.09. The van der Waals surface area contributed by atoms with Gasteiger partial charge in [-0.05, 0) is 29.2 Å². The van der Waals surface area contributed by atoms with E-state index in [1.165, 1.54) is 22.3 Å². The molecule has 0 spiro atoms. The molecule has 0 fully saturated rings. The SMILES string of the molecule is CC(NC1c2ccccc2-c2ccccc21)c1ncn[nH]1. The van der Waals surface area contributed by atoms with Crippen LogP contribution in [0.4, 0.5) is 0 Å². The van der Waals surface area contributed by atoms with Crippen molar-refractivity contribution in [3.63, 3.8) is 0 Å². The zero-order valence-electron chi connectivity index (χ0n) is 11.7. The maximum Gasteiger partial charge on any atom is 0.141 e. The highest BCUT2D eigenvalue weighted by molar-refractivity contribution is 5.78. The van der Waals surface area contributed by atoms with Crippen LogP contribution in [0.5, 0.6) is 0 Å². The molecule has 2 N–H and O–H groups in total. The Morgan fingerprint density at radius 2 is 1.62 bits per heavy atom. The van der Waals surface area contributed by atoms with Gasteiger partial charge in [0.2, 0.25) is 0 Å². The number of benzene rings is 2. The Kier molecular flexibility index (Phi) is 2.82. The summed E-state index contributed by atoms with van der Waals surface area (Å²) in [4.78, 5) is 4.24. The Hall–Kier alpha value is -2.46. The normalized spacial score (nSPS) is 14.7. The maximum atomic E-state index is 4.24. The third kappa shape index (κ3) is 1.96. The summed E-state index contributed by atoms with van der Waals surface area (Å²) in [5, 5.41) is 10.5. The molecule has 0 aliphatic heterocycles. The first-order chi connectivity index (χ1) is 10.3. The van der Waals surface area contributed by atoms with Crippen LogP contribution in [0.3, 0.4) is 0 Å². The molecule has 0 saturated heterocycles. The minimum Gasteiger partial charge on any atom is -0.297 e. The van der Waals surface area contributed by atoms with E-state index >= 15 is 0 Å². The molecular formula is C17H16N4. The lowest BCUT2D eigenvalue weighted by atomic mass is 10.0. The van der Waals surface area contributed by atoms with E-state index in [4.69, 9.17) is 0 Å².